The molecule has 0 aromatic heterocycles. The van der Waals surface area contributed by atoms with E-state index in [0.717, 1.165) is 36.1 Å². The molecule has 26 heavy (non-hydrogen) atoms. The van der Waals surface area contributed by atoms with Crippen molar-refractivity contribution in [2.24, 2.45) is 5.41 Å². The fourth-order valence-electron chi connectivity index (χ4n) is 3.56. The van der Waals surface area contributed by atoms with Crippen LogP contribution in [0.5, 0.6) is 0 Å². The number of nitrogens with one attached hydrogen (secondary N) is 1. The minimum Gasteiger partial charge on any atom is -0.465 e. The third kappa shape index (κ3) is 3.54. The summed E-state index contributed by atoms with van der Waals surface area (Å²) in [5, 5.41) is 11.8. The molecule has 1 amide bonds. The molecule has 6 heteroatoms. The lowest BCUT2D eigenvalue weighted by molar-refractivity contribution is -0.137. The van der Waals surface area contributed by atoms with Gasteiger partial charge in [0.2, 0.25) is 0 Å². The Morgan fingerprint density at radius 2 is 1.85 bits per heavy atom. The van der Waals surface area contributed by atoms with Crippen LogP contribution >= 0.6 is 0 Å². The zero-order valence-electron chi connectivity index (χ0n) is 14.5. The standard InChI is InChI=1S/C20H20F3NO2/c1-19(2)9-8-12-6-7-14(11-16(12)17(19)24-18(25)26)13-4-3-5-15(10-13)20(21,22)23/h3-7,10-11,17,24H,8-9H2,1-2H3,(H,25,26). The Morgan fingerprint density at radius 1 is 1.15 bits per heavy atom. The van der Waals surface area contributed by atoms with Gasteiger partial charge >= 0.3 is 12.3 Å². The van der Waals surface area contributed by atoms with Gasteiger partial charge in [-0.05, 0) is 58.7 Å². The number of carboxylic acid groups (broad SMARTS) is 1. The molecule has 1 aliphatic carbocycles. The smallest absolute Gasteiger partial charge is 0.416 e. The zero-order valence-corrected chi connectivity index (χ0v) is 14.5. The Labute approximate surface area is 149 Å². The van der Waals surface area contributed by atoms with Gasteiger partial charge in [0.05, 0.1) is 11.6 Å². The van der Waals surface area contributed by atoms with Gasteiger partial charge < -0.3 is 10.4 Å². The topological polar surface area (TPSA) is 49.3 Å². The molecule has 2 aromatic rings. The van der Waals surface area contributed by atoms with Gasteiger partial charge in [-0.3, -0.25) is 0 Å². The molecule has 0 heterocycles. The number of hydrogen-bond acceptors (Lipinski definition) is 1. The first-order valence-electron chi connectivity index (χ1n) is 8.38. The number of rotatable bonds is 2. The van der Waals surface area contributed by atoms with Crippen molar-refractivity contribution in [3.63, 3.8) is 0 Å². The van der Waals surface area contributed by atoms with E-state index >= 15 is 0 Å². The Balaban J connectivity index is 2.07. The van der Waals surface area contributed by atoms with E-state index in [4.69, 9.17) is 0 Å². The highest BCUT2D eigenvalue weighted by molar-refractivity contribution is 5.68. The maximum atomic E-state index is 13.0. The van der Waals surface area contributed by atoms with Crippen molar-refractivity contribution >= 4 is 6.09 Å². The van der Waals surface area contributed by atoms with E-state index in [-0.39, 0.29) is 5.41 Å². The number of hydrogen-bond donors (Lipinski definition) is 2. The first-order valence-corrected chi connectivity index (χ1v) is 8.38. The molecule has 0 saturated heterocycles. The van der Waals surface area contributed by atoms with Crippen LogP contribution in [-0.4, -0.2) is 11.2 Å². The van der Waals surface area contributed by atoms with Crippen LogP contribution < -0.4 is 5.32 Å². The van der Waals surface area contributed by atoms with Crippen LogP contribution in [0.4, 0.5) is 18.0 Å². The number of aryl methyl sites for hydroxylation is 1. The van der Waals surface area contributed by atoms with E-state index in [9.17, 15) is 23.1 Å². The third-order valence-corrected chi connectivity index (χ3v) is 5.07. The van der Waals surface area contributed by atoms with E-state index in [1.54, 1.807) is 12.1 Å². The van der Waals surface area contributed by atoms with Gasteiger partial charge in [-0.2, -0.15) is 13.2 Å². The summed E-state index contributed by atoms with van der Waals surface area (Å²) >= 11 is 0. The summed E-state index contributed by atoms with van der Waals surface area (Å²) < 4.78 is 39.0. The summed E-state index contributed by atoms with van der Waals surface area (Å²) in [7, 11) is 0. The average molecular weight is 363 g/mol. The number of carbonyl (C=O) groups is 1. The van der Waals surface area contributed by atoms with Gasteiger partial charge in [0.15, 0.2) is 0 Å². The molecule has 3 rings (SSSR count). The summed E-state index contributed by atoms with van der Waals surface area (Å²) in [6.07, 6.45) is -3.88. The zero-order chi connectivity index (χ0) is 19.1. The van der Waals surface area contributed by atoms with Crippen LogP contribution in [0.3, 0.4) is 0 Å². The normalized spacial score (nSPS) is 18.9. The average Bonchev–Trinajstić information content (AvgIpc) is 2.56. The molecule has 2 N–H and O–H groups in total. The number of halogens is 3. The highest BCUT2D eigenvalue weighted by atomic mass is 19.4. The van der Waals surface area contributed by atoms with Crippen LogP contribution in [0.25, 0.3) is 11.1 Å². The highest BCUT2D eigenvalue weighted by Crippen LogP contribution is 2.44. The molecule has 138 valence electrons. The number of benzene rings is 2. The lowest BCUT2D eigenvalue weighted by atomic mass is 9.70. The molecule has 1 atom stereocenters. The van der Waals surface area contributed by atoms with Gasteiger partial charge in [-0.25, -0.2) is 4.79 Å². The number of alkyl halides is 3. The quantitative estimate of drug-likeness (QED) is 0.724. The van der Waals surface area contributed by atoms with Crippen LogP contribution in [-0.2, 0) is 12.6 Å². The van der Waals surface area contributed by atoms with Crippen LogP contribution in [0.1, 0.15) is 43.0 Å². The number of amides is 1. The Hall–Kier alpha value is -2.50. The first-order chi connectivity index (χ1) is 12.1. The predicted molar refractivity (Wildman–Crippen MR) is 92.9 cm³/mol. The van der Waals surface area contributed by atoms with Gasteiger partial charge in [-0.15, -0.1) is 0 Å². The van der Waals surface area contributed by atoms with Crippen LogP contribution in [0.15, 0.2) is 42.5 Å². The van der Waals surface area contributed by atoms with E-state index in [1.165, 1.54) is 6.07 Å². The van der Waals surface area contributed by atoms with E-state index in [0.29, 0.717) is 11.1 Å². The van der Waals surface area contributed by atoms with Crippen molar-refractivity contribution in [3.05, 3.63) is 59.2 Å². The van der Waals surface area contributed by atoms with E-state index in [1.807, 2.05) is 26.0 Å². The Bertz CT molecular complexity index is 843. The summed E-state index contributed by atoms with van der Waals surface area (Å²) in [5.41, 5.74) is 1.98. The molecule has 0 saturated carbocycles. The molecule has 1 unspecified atom stereocenters. The van der Waals surface area contributed by atoms with E-state index < -0.39 is 23.9 Å². The second-order valence-electron chi connectivity index (χ2n) is 7.36. The lowest BCUT2D eigenvalue weighted by Gasteiger charge is -2.40. The van der Waals surface area contributed by atoms with Crippen molar-refractivity contribution in [3.8, 4) is 11.1 Å². The van der Waals surface area contributed by atoms with Crippen molar-refractivity contribution < 1.29 is 23.1 Å². The monoisotopic (exact) mass is 363 g/mol. The minimum absolute atomic E-state index is 0.280. The predicted octanol–water partition coefficient (Wildman–Crippen LogP) is 5.65. The molecule has 1 aliphatic rings. The molecule has 0 radical (unpaired) electrons. The molecule has 0 fully saturated rings. The van der Waals surface area contributed by atoms with Gasteiger partial charge in [0.25, 0.3) is 0 Å². The van der Waals surface area contributed by atoms with Gasteiger partial charge in [-0.1, -0.05) is 38.1 Å². The van der Waals surface area contributed by atoms with E-state index in [2.05, 4.69) is 5.32 Å². The van der Waals surface area contributed by atoms with Crippen molar-refractivity contribution in [1.29, 1.82) is 0 Å². The van der Waals surface area contributed by atoms with Gasteiger partial charge in [0.1, 0.15) is 0 Å². The SMILES string of the molecule is CC1(C)CCc2ccc(-c3cccc(C(F)(F)F)c3)cc2C1NC(=O)O. The Kier molecular flexibility index (Phi) is 4.46. The lowest BCUT2D eigenvalue weighted by Crippen LogP contribution is -2.40. The molecular formula is C20H20F3NO2. The summed E-state index contributed by atoms with van der Waals surface area (Å²) in [4.78, 5) is 11.2. The minimum atomic E-state index is -4.40. The molecule has 2 aromatic carbocycles. The first kappa shape index (κ1) is 18.3. The summed E-state index contributed by atoms with van der Waals surface area (Å²) in [6, 6.07) is 10.3. The Morgan fingerprint density at radius 3 is 2.50 bits per heavy atom. The van der Waals surface area contributed by atoms with Crippen LogP contribution in [0, 0.1) is 5.41 Å². The fraction of sp³-hybridized carbons (Fsp3) is 0.350. The van der Waals surface area contributed by atoms with Crippen molar-refractivity contribution in [1.82, 2.24) is 5.32 Å². The van der Waals surface area contributed by atoms with Crippen molar-refractivity contribution in [2.75, 3.05) is 0 Å². The van der Waals surface area contributed by atoms with Crippen molar-refractivity contribution in [2.45, 2.75) is 38.9 Å². The second-order valence-corrected chi connectivity index (χ2v) is 7.36. The fourth-order valence-corrected chi connectivity index (χ4v) is 3.56. The molecule has 0 spiro atoms. The molecule has 3 nitrogen and oxygen atoms in total. The second kappa shape index (κ2) is 6.34. The molecular weight excluding hydrogens is 343 g/mol. The van der Waals surface area contributed by atoms with Crippen LogP contribution in [0.2, 0.25) is 0 Å². The number of fused-ring (bicyclic) bond motifs is 1. The largest absolute Gasteiger partial charge is 0.465 e. The molecule has 0 bridgehead atoms. The summed E-state index contributed by atoms with van der Waals surface area (Å²) in [5.74, 6) is 0. The maximum Gasteiger partial charge on any atom is 0.416 e. The van der Waals surface area contributed by atoms with Gasteiger partial charge in [0, 0.05) is 0 Å². The third-order valence-electron chi connectivity index (χ3n) is 5.07. The molecule has 0 aliphatic heterocycles. The summed E-state index contributed by atoms with van der Waals surface area (Å²) in [6.45, 7) is 3.99. The maximum absolute atomic E-state index is 13.0. The highest BCUT2D eigenvalue weighted by Gasteiger charge is 2.37.